The first kappa shape index (κ1) is 14.5. The van der Waals surface area contributed by atoms with Crippen LogP contribution in [-0.4, -0.2) is 17.1 Å². The third kappa shape index (κ3) is 4.05. The highest BCUT2D eigenvalue weighted by Gasteiger charge is 2.26. The molecule has 1 aliphatic carbocycles. The average molecular weight is 326 g/mol. The first-order chi connectivity index (χ1) is 9.06. The first-order valence-electron chi connectivity index (χ1n) is 6.80. The largest absolute Gasteiger partial charge is 0.481 e. The number of carboxylic acids is 1. The lowest BCUT2D eigenvalue weighted by molar-refractivity contribution is -0.142. The fraction of sp³-hybridized carbons (Fsp3) is 0.533. The molecule has 0 bridgehead atoms. The van der Waals surface area contributed by atoms with Gasteiger partial charge in [-0.15, -0.1) is 0 Å². The van der Waals surface area contributed by atoms with Gasteiger partial charge in [-0.25, -0.2) is 0 Å². The zero-order valence-electron chi connectivity index (χ0n) is 11.1. The molecule has 1 aromatic carbocycles. The van der Waals surface area contributed by atoms with Crippen molar-refractivity contribution >= 4 is 21.9 Å². The van der Waals surface area contributed by atoms with Crippen LogP contribution >= 0.6 is 15.9 Å². The molecule has 0 saturated heterocycles. The third-order valence-corrected chi connectivity index (χ3v) is 4.46. The molecule has 0 heterocycles. The van der Waals surface area contributed by atoms with Crippen molar-refractivity contribution in [1.29, 1.82) is 0 Å². The summed E-state index contributed by atoms with van der Waals surface area (Å²) in [5.41, 5.74) is 1.27. The van der Waals surface area contributed by atoms with Crippen LogP contribution < -0.4 is 5.32 Å². The lowest BCUT2D eigenvalue weighted by atomic mass is 9.85. The summed E-state index contributed by atoms with van der Waals surface area (Å²) in [5, 5.41) is 12.6. The molecule has 1 aromatic rings. The van der Waals surface area contributed by atoms with Gasteiger partial charge in [0.2, 0.25) is 0 Å². The van der Waals surface area contributed by atoms with E-state index in [0.717, 1.165) is 30.2 Å². The van der Waals surface area contributed by atoms with Crippen LogP contribution in [0.15, 0.2) is 28.7 Å². The second-order valence-corrected chi connectivity index (χ2v) is 6.24. The average Bonchev–Trinajstić information content (AvgIpc) is 2.40. The summed E-state index contributed by atoms with van der Waals surface area (Å²) in [6.07, 6.45) is 3.50. The minimum absolute atomic E-state index is 0.138. The molecule has 2 N–H and O–H groups in total. The second-order valence-electron chi connectivity index (χ2n) is 5.33. The van der Waals surface area contributed by atoms with Crippen molar-refractivity contribution < 1.29 is 9.90 Å². The molecular formula is C15H20BrNO2. The Morgan fingerprint density at radius 1 is 1.26 bits per heavy atom. The summed E-state index contributed by atoms with van der Waals surface area (Å²) < 4.78 is 1.09. The lowest BCUT2D eigenvalue weighted by Crippen LogP contribution is -2.36. The Morgan fingerprint density at radius 3 is 2.37 bits per heavy atom. The van der Waals surface area contributed by atoms with Gasteiger partial charge in [0.15, 0.2) is 0 Å². The molecule has 0 radical (unpaired) electrons. The fourth-order valence-electron chi connectivity index (χ4n) is 2.71. The maximum Gasteiger partial charge on any atom is 0.306 e. The molecule has 1 atom stereocenters. The standard InChI is InChI=1S/C15H20BrNO2/c1-10(11-2-6-13(16)7-3-11)17-14-8-4-12(5-9-14)15(18)19/h2-3,6-7,10,12,14,17H,4-5,8-9H2,1H3,(H,18,19). The minimum Gasteiger partial charge on any atom is -0.481 e. The van der Waals surface area contributed by atoms with E-state index >= 15 is 0 Å². The summed E-state index contributed by atoms with van der Waals surface area (Å²) in [4.78, 5) is 10.9. The summed E-state index contributed by atoms with van der Waals surface area (Å²) in [7, 11) is 0. The lowest BCUT2D eigenvalue weighted by Gasteiger charge is -2.29. The van der Waals surface area contributed by atoms with Gasteiger partial charge in [0.25, 0.3) is 0 Å². The van der Waals surface area contributed by atoms with Crippen molar-refractivity contribution in [2.45, 2.75) is 44.7 Å². The smallest absolute Gasteiger partial charge is 0.306 e. The first-order valence-corrected chi connectivity index (χ1v) is 7.60. The summed E-state index contributed by atoms with van der Waals surface area (Å²) >= 11 is 3.44. The molecule has 104 valence electrons. The Bertz CT molecular complexity index is 424. The molecule has 19 heavy (non-hydrogen) atoms. The predicted octanol–water partition coefficient (Wildman–Crippen LogP) is 3.74. The molecule has 4 heteroatoms. The van der Waals surface area contributed by atoms with Crippen molar-refractivity contribution in [1.82, 2.24) is 5.32 Å². The highest BCUT2D eigenvalue weighted by Crippen LogP contribution is 2.26. The summed E-state index contributed by atoms with van der Waals surface area (Å²) in [6, 6.07) is 9.08. The number of hydrogen-bond acceptors (Lipinski definition) is 2. The summed E-state index contributed by atoms with van der Waals surface area (Å²) in [5.74, 6) is -0.777. The van der Waals surface area contributed by atoms with E-state index in [1.807, 2.05) is 0 Å². The van der Waals surface area contributed by atoms with E-state index in [1.165, 1.54) is 5.56 Å². The van der Waals surface area contributed by atoms with Gasteiger partial charge in [-0.05, 0) is 50.3 Å². The Labute approximate surface area is 122 Å². The predicted molar refractivity (Wildman–Crippen MR) is 79.1 cm³/mol. The van der Waals surface area contributed by atoms with Gasteiger partial charge >= 0.3 is 5.97 Å². The zero-order chi connectivity index (χ0) is 13.8. The van der Waals surface area contributed by atoms with Gasteiger partial charge in [0.05, 0.1) is 5.92 Å². The van der Waals surface area contributed by atoms with Crippen LogP contribution in [0.3, 0.4) is 0 Å². The van der Waals surface area contributed by atoms with E-state index in [2.05, 4.69) is 52.4 Å². The number of benzene rings is 1. The molecule has 0 spiro atoms. The monoisotopic (exact) mass is 325 g/mol. The van der Waals surface area contributed by atoms with Crippen molar-refractivity contribution in [2.24, 2.45) is 5.92 Å². The Balaban J connectivity index is 1.85. The molecule has 1 aliphatic rings. The van der Waals surface area contributed by atoms with Gasteiger partial charge in [-0.3, -0.25) is 4.79 Å². The van der Waals surface area contributed by atoms with E-state index in [1.54, 1.807) is 0 Å². The van der Waals surface area contributed by atoms with Crippen LogP contribution in [0, 0.1) is 5.92 Å². The van der Waals surface area contributed by atoms with Crippen LogP contribution in [-0.2, 0) is 4.79 Å². The summed E-state index contributed by atoms with van der Waals surface area (Å²) in [6.45, 7) is 2.16. The van der Waals surface area contributed by atoms with Gasteiger partial charge in [0.1, 0.15) is 0 Å². The molecule has 3 nitrogen and oxygen atoms in total. The molecule has 1 saturated carbocycles. The van der Waals surface area contributed by atoms with Crippen molar-refractivity contribution in [2.75, 3.05) is 0 Å². The molecule has 0 amide bonds. The molecule has 2 rings (SSSR count). The van der Waals surface area contributed by atoms with Gasteiger partial charge in [0, 0.05) is 16.6 Å². The number of halogens is 1. The second kappa shape index (κ2) is 6.53. The maximum atomic E-state index is 10.9. The van der Waals surface area contributed by atoms with E-state index in [4.69, 9.17) is 5.11 Å². The third-order valence-electron chi connectivity index (χ3n) is 3.93. The van der Waals surface area contributed by atoms with Crippen LogP contribution in [0.25, 0.3) is 0 Å². The molecule has 1 fully saturated rings. The zero-order valence-corrected chi connectivity index (χ0v) is 12.7. The Hall–Kier alpha value is -0.870. The molecular weight excluding hydrogens is 306 g/mol. The molecule has 0 aliphatic heterocycles. The molecule has 1 unspecified atom stereocenters. The number of carboxylic acid groups (broad SMARTS) is 1. The number of aliphatic carboxylic acids is 1. The number of rotatable bonds is 4. The topological polar surface area (TPSA) is 49.3 Å². The van der Waals surface area contributed by atoms with E-state index in [0.29, 0.717) is 12.1 Å². The van der Waals surface area contributed by atoms with Crippen LogP contribution in [0.2, 0.25) is 0 Å². The fourth-order valence-corrected chi connectivity index (χ4v) is 2.97. The van der Waals surface area contributed by atoms with Crippen molar-refractivity contribution in [3.05, 3.63) is 34.3 Å². The Morgan fingerprint density at radius 2 is 1.84 bits per heavy atom. The highest BCUT2D eigenvalue weighted by molar-refractivity contribution is 9.10. The maximum absolute atomic E-state index is 10.9. The van der Waals surface area contributed by atoms with Gasteiger partial charge in [-0.1, -0.05) is 28.1 Å². The van der Waals surface area contributed by atoms with Crippen molar-refractivity contribution in [3.8, 4) is 0 Å². The Kier molecular flexibility index (Phi) is 4.99. The molecule has 0 aromatic heterocycles. The van der Waals surface area contributed by atoms with Crippen LogP contribution in [0.5, 0.6) is 0 Å². The SMILES string of the molecule is CC(NC1CCC(C(=O)O)CC1)c1ccc(Br)cc1. The van der Waals surface area contributed by atoms with E-state index in [-0.39, 0.29) is 5.92 Å². The quantitative estimate of drug-likeness (QED) is 0.886. The van der Waals surface area contributed by atoms with Crippen molar-refractivity contribution in [3.63, 3.8) is 0 Å². The van der Waals surface area contributed by atoms with E-state index in [9.17, 15) is 4.79 Å². The highest BCUT2D eigenvalue weighted by atomic mass is 79.9. The number of nitrogens with one attached hydrogen (secondary N) is 1. The van der Waals surface area contributed by atoms with Gasteiger partial charge in [-0.2, -0.15) is 0 Å². The van der Waals surface area contributed by atoms with Crippen LogP contribution in [0.1, 0.15) is 44.2 Å². The number of carbonyl (C=O) groups is 1. The normalized spacial score (nSPS) is 24.9. The van der Waals surface area contributed by atoms with Gasteiger partial charge < -0.3 is 10.4 Å². The number of hydrogen-bond donors (Lipinski definition) is 2. The van der Waals surface area contributed by atoms with Crippen LogP contribution in [0.4, 0.5) is 0 Å². The van der Waals surface area contributed by atoms with E-state index < -0.39 is 5.97 Å². The minimum atomic E-state index is -0.639.